The van der Waals surface area contributed by atoms with Crippen LogP contribution in [-0.2, 0) is 13.3 Å². The second-order valence-corrected chi connectivity index (χ2v) is 3.62. The van der Waals surface area contributed by atoms with Crippen molar-refractivity contribution in [1.82, 2.24) is 0 Å². The average Bonchev–Trinajstić information content (AvgIpc) is 2.16. The summed E-state index contributed by atoms with van der Waals surface area (Å²) in [6, 6.07) is 0. The quantitative estimate of drug-likeness (QED) is 0.417. The van der Waals surface area contributed by atoms with Gasteiger partial charge < -0.3 is 4.74 Å². The first-order valence-corrected chi connectivity index (χ1v) is 6.12. The number of carbonyl (C=O) groups is 1. The van der Waals surface area contributed by atoms with Gasteiger partial charge in [-0.3, -0.25) is 4.79 Å². The van der Waals surface area contributed by atoms with E-state index in [1.807, 2.05) is 0 Å². The molecule has 0 aliphatic carbocycles. The van der Waals surface area contributed by atoms with Gasteiger partial charge in [0.2, 0.25) is 0 Å². The Morgan fingerprint density at radius 2 is 1.64 bits per heavy atom. The minimum atomic E-state index is -0.182. The van der Waals surface area contributed by atoms with Crippen LogP contribution in [-0.4, -0.2) is 36.4 Å². The monoisotopic (exact) mass is 266 g/mol. The zero-order valence-electron chi connectivity index (χ0n) is 9.54. The fourth-order valence-corrected chi connectivity index (χ4v) is 0.938. The predicted octanol–water partition coefficient (Wildman–Crippen LogP) is 1.70. The number of hydrogen-bond acceptors (Lipinski definition) is 3. The Hall–Kier alpha value is -0.0116. The van der Waals surface area contributed by atoms with Gasteiger partial charge in [-0.25, -0.2) is 0 Å². The minimum absolute atomic E-state index is 0.182. The first-order valence-electron chi connectivity index (χ1n) is 5.14. The maximum absolute atomic E-state index is 10.1. The summed E-state index contributed by atoms with van der Waals surface area (Å²) in [4.78, 5) is 10.1. The van der Waals surface area contributed by atoms with Crippen LogP contribution in [0.25, 0.3) is 0 Å². The van der Waals surface area contributed by atoms with E-state index in [4.69, 9.17) is 3.73 Å². The third-order valence-electron chi connectivity index (χ3n) is 1.42. The molecule has 0 N–H and O–H groups in total. The van der Waals surface area contributed by atoms with Gasteiger partial charge in [0.25, 0.3) is 0 Å². The predicted molar refractivity (Wildman–Crippen MR) is 60.9 cm³/mol. The van der Waals surface area contributed by atoms with Gasteiger partial charge >= 0.3 is 53.3 Å². The Balaban J connectivity index is 0. The van der Waals surface area contributed by atoms with Crippen molar-refractivity contribution in [2.75, 3.05) is 13.2 Å². The standard InChI is InChI=1S/C6H12O2.C4H11AsO/c1-3-4-5-8-6(2)7;1-2-3-4-6-5/h3-5H2,1-2H3;2-5H2,1H3. The first kappa shape index (κ1) is 16.4. The number of esters is 1. The third kappa shape index (κ3) is 22.7. The van der Waals surface area contributed by atoms with Crippen molar-refractivity contribution in [2.24, 2.45) is 0 Å². The van der Waals surface area contributed by atoms with Crippen molar-refractivity contribution >= 4 is 23.2 Å². The van der Waals surface area contributed by atoms with E-state index < -0.39 is 0 Å². The maximum atomic E-state index is 10.1. The molecule has 1 atom stereocenters. The Kier molecular flexibility index (Phi) is 18.1. The summed E-state index contributed by atoms with van der Waals surface area (Å²) in [6.07, 6.45) is 4.50. The molecule has 0 aliphatic heterocycles. The molecule has 0 amide bonds. The van der Waals surface area contributed by atoms with Crippen molar-refractivity contribution in [2.45, 2.75) is 46.5 Å². The van der Waals surface area contributed by atoms with E-state index >= 15 is 0 Å². The van der Waals surface area contributed by atoms with E-state index in [1.165, 1.54) is 37.0 Å². The second-order valence-electron chi connectivity index (χ2n) is 2.92. The van der Waals surface area contributed by atoms with Gasteiger partial charge in [0.15, 0.2) is 0 Å². The van der Waals surface area contributed by atoms with Crippen LogP contribution in [0, 0.1) is 0 Å². The molecule has 0 spiro atoms. The molecule has 4 heteroatoms. The van der Waals surface area contributed by atoms with E-state index in [0.717, 1.165) is 19.4 Å². The second kappa shape index (κ2) is 15.5. The van der Waals surface area contributed by atoms with Crippen LogP contribution in [0.15, 0.2) is 0 Å². The molecule has 0 aromatic heterocycles. The van der Waals surface area contributed by atoms with Crippen LogP contribution in [0.5, 0.6) is 0 Å². The molecule has 0 saturated carbocycles. The van der Waals surface area contributed by atoms with Crippen molar-refractivity contribution in [3.05, 3.63) is 0 Å². The van der Waals surface area contributed by atoms with Crippen LogP contribution in [0.3, 0.4) is 0 Å². The van der Waals surface area contributed by atoms with Crippen molar-refractivity contribution in [1.29, 1.82) is 0 Å². The van der Waals surface area contributed by atoms with Crippen LogP contribution >= 0.6 is 0 Å². The van der Waals surface area contributed by atoms with Gasteiger partial charge in [-0.05, 0) is 6.42 Å². The van der Waals surface area contributed by atoms with Gasteiger partial charge in [-0.2, -0.15) is 0 Å². The third-order valence-corrected chi connectivity index (χ3v) is 1.91. The molecule has 0 aromatic carbocycles. The van der Waals surface area contributed by atoms with Gasteiger partial charge in [0, 0.05) is 6.92 Å². The molecule has 0 aliphatic rings. The topological polar surface area (TPSA) is 35.5 Å². The Bertz CT molecular complexity index is 114. The zero-order chi connectivity index (χ0) is 11.2. The number of rotatable bonds is 6. The average molecular weight is 266 g/mol. The number of unbranched alkanes of at least 4 members (excludes halogenated alkanes) is 2. The molecule has 0 saturated heterocycles. The fourth-order valence-electron chi connectivity index (χ4n) is 0.588. The SMILES string of the molecule is CCCCOC(C)=O.CCCCO[AsH2]. The normalized spacial score (nSPS) is 8.86. The summed E-state index contributed by atoms with van der Waals surface area (Å²) >= 11 is 1.36. The molecule has 1 unspecified atom stereocenters. The van der Waals surface area contributed by atoms with Gasteiger partial charge in [-0.15, -0.1) is 0 Å². The van der Waals surface area contributed by atoms with E-state index in [1.54, 1.807) is 0 Å². The van der Waals surface area contributed by atoms with Crippen LogP contribution < -0.4 is 0 Å². The van der Waals surface area contributed by atoms with Crippen molar-refractivity contribution in [3.8, 4) is 0 Å². The molecule has 0 bridgehead atoms. The molecule has 86 valence electrons. The Labute approximate surface area is 96.4 Å². The summed E-state index contributed by atoms with van der Waals surface area (Å²) in [6.45, 7) is 7.16. The zero-order valence-corrected chi connectivity index (χ0v) is 12.0. The molecule has 14 heavy (non-hydrogen) atoms. The van der Waals surface area contributed by atoms with Crippen molar-refractivity contribution in [3.63, 3.8) is 0 Å². The number of hydrogen-bond donors (Lipinski definition) is 0. The van der Waals surface area contributed by atoms with E-state index in [9.17, 15) is 4.79 Å². The van der Waals surface area contributed by atoms with Crippen LogP contribution in [0.4, 0.5) is 0 Å². The van der Waals surface area contributed by atoms with Gasteiger partial charge in [-0.1, -0.05) is 13.3 Å². The number of ether oxygens (including phenoxy) is 1. The Morgan fingerprint density at radius 3 is 1.93 bits per heavy atom. The van der Waals surface area contributed by atoms with Crippen LogP contribution in [0.2, 0.25) is 0 Å². The van der Waals surface area contributed by atoms with E-state index in [0.29, 0.717) is 6.61 Å². The van der Waals surface area contributed by atoms with Crippen LogP contribution in [0.1, 0.15) is 46.5 Å². The van der Waals surface area contributed by atoms with Gasteiger partial charge in [0.1, 0.15) is 0 Å². The molecule has 0 heterocycles. The van der Waals surface area contributed by atoms with Gasteiger partial charge in [0.05, 0.1) is 6.61 Å². The van der Waals surface area contributed by atoms with Crippen molar-refractivity contribution < 1.29 is 13.3 Å². The summed E-state index contributed by atoms with van der Waals surface area (Å²) < 4.78 is 9.49. The molecule has 0 fully saturated rings. The summed E-state index contributed by atoms with van der Waals surface area (Å²) in [5.41, 5.74) is 0. The van der Waals surface area contributed by atoms with E-state index in [2.05, 4.69) is 18.6 Å². The molecular formula is C10H23AsO3. The molecule has 3 nitrogen and oxygen atoms in total. The fraction of sp³-hybridized carbons (Fsp3) is 0.900. The Morgan fingerprint density at radius 1 is 1.14 bits per heavy atom. The molecule has 0 radical (unpaired) electrons. The summed E-state index contributed by atoms with van der Waals surface area (Å²) in [7, 11) is 0. The molecule has 0 aromatic rings. The summed E-state index contributed by atoms with van der Waals surface area (Å²) in [5.74, 6) is -0.182. The first-order chi connectivity index (χ1) is 6.68. The summed E-state index contributed by atoms with van der Waals surface area (Å²) in [5, 5.41) is 0. The number of carbonyl (C=O) groups excluding carboxylic acids is 1. The van der Waals surface area contributed by atoms with E-state index in [-0.39, 0.29) is 5.97 Å². The molecular weight excluding hydrogens is 243 g/mol. The molecule has 0 rings (SSSR count).